The molecule has 1 atom stereocenters. The molecule has 1 aliphatic heterocycles. The number of benzene rings is 3. The van der Waals surface area contributed by atoms with Crippen LogP contribution in [0.15, 0.2) is 79.0 Å². The summed E-state index contributed by atoms with van der Waals surface area (Å²) in [5, 5.41) is 5.21. The number of amides is 2. The zero-order chi connectivity index (χ0) is 25.5. The maximum Gasteiger partial charge on any atom is 0.272 e. The minimum atomic E-state index is -0.362. The van der Waals surface area contributed by atoms with Crippen molar-refractivity contribution in [3.05, 3.63) is 101 Å². The van der Waals surface area contributed by atoms with Gasteiger partial charge in [-0.05, 0) is 41.8 Å². The molecule has 5 aromatic rings. The van der Waals surface area contributed by atoms with E-state index in [-0.39, 0.29) is 24.4 Å². The highest BCUT2D eigenvalue weighted by Crippen LogP contribution is 2.44. The van der Waals surface area contributed by atoms with E-state index in [4.69, 9.17) is 4.74 Å². The standard InChI is InChI=1S/C30H28N4O3/c1-33-25-10-6-4-8-23(25)27-28(19-11-13-21(37-2)14-12-19)34(30(36)29(27)33)18-26(35)31-16-15-20-17-32-24-9-5-3-7-22(20)24/h3-14,17,28,32H,15-16,18H2,1-2H3,(H,31,35)/t28-/m1/s1. The molecule has 186 valence electrons. The normalized spacial score (nSPS) is 14.9. The van der Waals surface area contributed by atoms with Crippen LogP contribution in [-0.2, 0) is 18.3 Å². The van der Waals surface area contributed by atoms with E-state index in [1.165, 1.54) is 0 Å². The third-order valence-corrected chi connectivity index (χ3v) is 7.33. The molecule has 6 rings (SSSR count). The van der Waals surface area contributed by atoms with Crippen molar-refractivity contribution in [3.8, 4) is 5.75 Å². The van der Waals surface area contributed by atoms with Gasteiger partial charge in [-0.25, -0.2) is 0 Å². The van der Waals surface area contributed by atoms with Crippen molar-refractivity contribution in [1.29, 1.82) is 0 Å². The SMILES string of the molecule is COc1ccc([C@@H]2c3c(n(C)c4ccccc34)C(=O)N2CC(=O)NCCc2c[nH]c3ccccc23)cc1. The molecule has 2 N–H and O–H groups in total. The van der Waals surface area contributed by atoms with Gasteiger partial charge in [0.1, 0.15) is 18.0 Å². The average Bonchev–Trinajstić information content (AvgIpc) is 3.56. The van der Waals surface area contributed by atoms with Gasteiger partial charge in [0, 0.05) is 47.2 Å². The summed E-state index contributed by atoms with van der Waals surface area (Å²) in [5.41, 5.74) is 5.76. The molecular weight excluding hydrogens is 464 g/mol. The second-order valence-corrected chi connectivity index (χ2v) is 9.41. The zero-order valence-electron chi connectivity index (χ0n) is 20.8. The first-order valence-electron chi connectivity index (χ1n) is 12.4. The van der Waals surface area contributed by atoms with Crippen LogP contribution in [0.1, 0.15) is 33.2 Å². The van der Waals surface area contributed by atoms with Gasteiger partial charge in [-0.2, -0.15) is 0 Å². The van der Waals surface area contributed by atoms with E-state index in [1.807, 2.05) is 84.5 Å². The molecule has 37 heavy (non-hydrogen) atoms. The number of aromatic nitrogens is 2. The Morgan fingerprint density at radius 2 is 1.73 bits per heavy atom. The van der Waals surface area contributed by atoms with Crippen LogP contribution in [0.25, 0.3) is 21.8 Å². The van der Waals surface area contributed by atoms with Crippen LogP contribution in [0.4, 0.5) is 0 Å². The second kappa shape index (κ2) is 9.17. The average molecular weight is 493 g/mol. The number of carbonyl (C=O) groups is 2. The number of ether oxygens (including phenoxy) is 1. The topological polar surface area (TPSA) is 79.4 Å². The van der Waals surface area contributed by atoms with E-state index in [2.05, 4.69) is 16.4 Å². The Morgan fingerprint density at radius 3 is 2.51 bits per heavy atom. The number of methoxy groups -OCH3 is 1. The number of hydrogen-bond acceptors (Lipinski definition) is 3. The van der Waals surface area contributed by atoms with Gasteiger partial charge < -0.3 is 24.5 Å². The molecule has 7 heteroatoms. The van der Waals surface area contributed by atoms with Gasteiger partial charge >= 0.3 is 0 Å². The number of nitrogens with zero attached hydrogens (tertiary/aromatic N) is 2. The molecule has 0 saturated carbocycles. The molecule has 0 unspecified atom stereocenters. The van der Waals surface area contributed by atoms with E-state index >= 15 is 0 Å². The first-order chi connectivity index (χ1) is 18.1. The van der Waals surface area contributed by atoms with Gasteiger partial charge in [0.05, 0.1) is 13.2 Å². The predicted octanol–water partition coefficient (Wildman–Crippen LogP) is 4.57. The molecule has 2 aromatic heterocycles. The van der Waals surface area contributed by atoms with Crippen molar-refractivity contribution in [3.63, 3.8) is 0 Å². The van der Waals surface area contributed by atoms with Gasteiger partial charge in [0.15, 0.2) is 0 Å². The summed E-state index contributed by atoms with van der Waals surface area (Å²) in [6, 6.07) is 23.5. The van der Waals surface area contributed by atoms with Crippen LogP contribution in [0.2, 0.25) is 0 Å². The molecule has 3 heterocycles. The monoisotopic (exact) mass is 492 g/mol. The number of carbonyl (C=O) groups excluding carboxylic acids is 2. The van der Waals surface area contributed by atoms with Gasteiger partial charge in [0.25, 0.3) is 5.91 Å². The number of aromatic amines is 1. The van der Waals surface area contributed by atoms with Crippen LogP contribution < -0.4 is 10.1 Å². The smallest absolute Gasteiger partial charge is 0.272 e. The Hall–Kier alpha value is -4.52. The number of para-hydroxylation sites is 2. The summed E-state index contributed by atoms with van der Waals surface area (Å²) < 4.78 is 7.28. The van der Waals surface area contributed by atoms with Crippen molar-refractivity contribution in [2.75, 3.05) is 20.2 Å². The molecule has 7 nitrogen and oxygen atoms in total. The Kier molecular flexibility index (Phi) is 5.68. The molecule has 2 amide bonds. The fourth-order valence-corrected chi connectivity index (χ4v) is 5.55. The lowest BCUT2D eigenvalue weighted by molar-refractivity contribution is -0.122. The van der Waals surface area contributed by atoms with Crippen molar-refractivity contribution in [2.24, 2.45) is 7.05 Å². The summed E-state index contributed by atoms with van der Waals surface area (Å²) in [5.74, 6) is 0.429. The minimum Gasteiger partial charge on any atom is -0.497 e. The number of aryl methyl sites for hydroxylation is 1. The third-order valence-electron chi connectivity index (χ3n) is 7.33. The summed E-state index contributed by atoms with van der Waals surface area (Å²) in [7, 11) is 3.54. The van der Waals surface area contributed by atoms with Gasteiger partial charge in [-0.3, -0.25) is 9.59 Å². The van der Waals surface area contributed by atoms with Gasteiger partial charge in [0.2, 0.25) is 5.91 Å². The minimum absolute atomic E-state index is 0.0214. The van der Waals surface area contributed by atoms with E-state index in [0.29, 0.717) is 18.7 Å². The van der Waals surface area contributed by atoms with Crippen molar-refractivity contribution in [2.45, 2.75) is 12.5 Å². The molecule has 3 aromatic carbocycles. The molecule has 0 fully saturated rings. The van der Waals surface area contributed by atoms with Crippen molar-refractivity contribution >= 4 is 33.6 Å². The largest absolute Gasteiger partial charge is 0.497 e. The maximum atomic E-state index is 13.7. The van der Waals surface area contributed by atoms with Crippen LogP contribution in [0.3, 0.4) is 0 Å². The number of hydrogen-bond donors (Lipinski definition) is 2. The highest BCUT2D eigenvalue weighted by atomic mass is 16.5. The van der Waals surface area contributed by atoms with Crippen LogP contribution in [0, 0.1) is 0 Å². The van der Waals surface area contributed by atoms with E-state index in [9.17, 15) is 9.59 Å². The van der Waals surface area contributed by atoms with E-state index in [1.54, 1.807) is 12.0 Å². The van der Waals surface area contributed by atoms with Gasteiger partial charge in [-0.15, -0.1) is 0 Å². The van der Waals surface area contributed by atoms with E-state index < -0.39 is 0 Å². The van der Waals surface area contributed by atoms with E-state index in [0.717, 1.165) is 44.2 Å². The molecule has 0 radical (unpaired) electrons. The summed E-state index contributed by atoms with van der Waals surface area (Å²) >= 11 is 0. The Bertz CT molecular complexity index is 1630. The van der Waals surface area contributed by atoms with Crippen LogP contribution in [0.5, 0.6) is 5.75 Å². The van der Waals surface area contributed by atoms with Crippen molar-refractivity contribution < 1.29 is 14.3 Å². The quantitative estimate of drug-likeness (QED) is 0.349. The summed E-state index contributed by atoms with van der Waals surface area (Å²) in [4.78, 5) is 31.8. The fourth-order valence-electron chi connectivity index (χ4n) is 5.55. The number of fused-ring (bicyclic) bond motifs is 4. The number of nitrogens with one attached hydrogen (secondary N) is 2. The maximum absolute atomic E-state index is 13.7. The Balaban J connectivity index is 1.26. The Morgan fingerprint density at radius 1 is 1.00 bits per heavy atom. The van der Waals surface area contributed by atoms with Crippen molar-refractivity contribution in [1.82, 2.24) is 19.8 Å². The van der Waals surface area contributed by atoms with Gasteiger partial charge in [-0.1, -0.05) is 48.5 Å². The van der Waals surface area contributed by atoms with Crippen LogP contribution >= 0.6 is 0 Å². The molecule has 0 saturated heterocycles. The zero-order valence-corrected chi connectivity index (χ0v) is 20.8. The van der Waals surface area contributed by atoms with Crippen LogP contribution in [-0.4, -0.2) is 46.5 Å². The molecule has 0 bridgehead atoms. The Labute approximate surface area is 214 Å². The lowest BCUT2D eigenvalue weighted by Crippen LogP contribution is -2.40. The molecular formula is C30H28N4O3. The highest BCUT2D eigenvalue weighted by Gasteiger charge is 2.42. The molecule has 0 aliphatic carbocycles. The number of H-pyrrole nitrogens is 1. The number of rotatable bonds is 7. The summed E-state index contributed by atoms with van der Waals surface area (Å²) in [6.07, 6.45) is 2.69. The molecule has 1 aliphatic rings. The summed E-state index contributed by atoms with van der Waals surface area (Å²) in [6.45, 7) is 0.470. The third kappa shape index (κ3) is 3.83. The fraction of sp³-hybridized carbons (Fsp3) is 0.200. The lowest BCUT2D eigenvalue weighted by Gasteiger charge is -2.26. The molecule has 0 spiro atoms. The second-order valence-electron chi connectivity index (χ2n) is 9.41. The lowest BCUT2D eigenvalue weighted by atomic mass is 9.98. The highest BCUT2D eigenvalue weighted by molar-refractivity contribution is 6.07. The first kappa shape index (κ1) is 22.9. The predicted molar refractivity (Wildman–Crippen MR) is 144 cm³/mol. The first-order valence-corrected chi connectivity index (χ1v) is 12.4.